The van der Waals surface area contributed by atoms with Crippen LogP contribution in [0.3, 0.4) is 0 Å². The second kappa shape index (κ2) is 12.6. The van der Waals surface area contributed by atoms with Gasteiger partial charge in [-0.1, -0.05) is 24.3 Å². The Bertz CT molecular complexity index is 1970. The van der Waals surface area contributed by atoms with Crippen molar-refractivity contribution in [3.63, 3.8) is 0 Å². The Kier molecular flexibility index (Phi) is 8.44. The number of hydrogen-bond acceptors (Lipinski definition) is 8. The second-order valence-corrected chi connectivity index (χ2v) is 11.6. The van der Waals surface area contributed by atoms with E-state index < -0.39 is 5.91 Å². The maximum Gasteiger partial charge on any atom is 0.263 e. The summed E-state index contributed by atoms with van der Waals surface area (Å²) in [5.41, 5.74) is 7.24. The Hall–Kier alpha value is -4.90. The van der Waals surface area contributed by atoms with Gasteiger partial charge in [-0.05, 0) is 84.0 Å². The monoisotopic (exact) mass is 604 g/mol. The van der Waals surface area contributed by atoms with Crippen LogP contribution < -0.4 is 16.2 Å². The highest BCUT2D eigenvalue weighted by molar-refractivity contribution is 6.05. The number of aryl methyl sites for hydroxylation is 1. The lowest BCUT2D eigenvalue weighted by Crippen LogP contribution is -2.29. The van der Waals surface area contributed by atoms with Crippen LogP contribution in [0.25, 0.3) is 22.0 Å². The molecule has 0 saturated carbocycles. The van der Waals surface area contributed by atoms with Crippen molar-refractivity contribution in [2.24, 2.45) is 7.05 Å². The van der Waals surface area contributed by atoms with Gasteiger partial charge in [-0.2, -0.15) is 0 Å². The number of rotatable bonds is 8. The zero-order valence-electron chi connectivity index (χ0n) is 25.5. The van der Waals surface area contributed by atoms with Gasteiger partial charge in [-0.3, -0.25) is 19.5 Å². The van der Waals surface area contributed by atoms with Crippen LogP contribution in [0.2, 0.25) is 0 Å². The van der Waals surface area contributed by atoms with E-state index in [4.69, 9.17) is 0 Å². The molecule has 1 unspecified atom stereocenters. The lowest BCUT2D eigenvalue weighted by molar-refractivity contribution is 0.102. The molecule has 1 amide bonds. The predicted molar refractivity (Wildman–Crippen MR) is 176 cm³/mol. The van der Waals surface area contributed by atoms with Gasteiger partial charge in [0.1, 0.15) is 11.1 Å². The van der Waals surface area contributed by atoms with E-state index in [1.807, 2.05) is 62.4 Å². The molecule has 3 aromatic heterocycles. The number of benzene rings is 2. The molecule has 5 aromatic rings. The van der Waals surface area contributed by atoms with Gasteiger partial charge < -0.3 is 25.4 Å². The van der Waals surface area contributed by atoms with Crippen LogP contribution in [0.1, 0.15) is 39.0 Å². The molecule has 1 aliphatic heterocycles. The van der Waals surface area contributed by atoms with Gasteiger partial charge in [0.15, 0.2) is 5.82 Å². The molecule has 230 valence electrons. The van der Waals surface area contributed by atoms with Crippen molar-refractivity contribution in [3.05, 3.63) is 111 Å². The minimum Gasteiger partial charge on any atom is -0.392 e. The van der Waals surface area contributed by atoms with Gasteiger partial charge >= 0.3 is 0 Å². The van der Waals surface area contributed by atoms with Crippen molar-refractivity contribution in [2.75, 3.05) is 23.7 Å². The van der Waals surface area contributed by atoms with E-state index in [1.165, 1.54) is 4.57 Å². The summed E-state index contributed by atoms with van der Waals surface area (Å²) in [5, 5.41) is 26.7. The first-order valence-electron chi connectivity index (χ1n) is 14.9. The van der Waals surface area contributed by atoms with Crippen molar-refractivity contribution >= 4 is 34.0 Å². The molecule has 0 aliphatic carbocycles. The molecule has 4 heterocycles. The number of nitrogens with one attached hydrogen (secondary N) is 2. The van der Waals surface area contributed by atoms with E-state index in [-0.39, 0.29) is 23.8 Å². The quantitative estimate of drug-likeness (QED) is 0.201. The fourth-order valence-electron chi connectivity index (χ4n) is 5.97. The maximum absolute atomic E-state index is 13.5. The van der Waals surface area contributed by atoms with Crippen LogP contribution in [-0.2, 0) is 20.2 Å². The summed E-state index contributed by atoms with van der Waals surface area (Å²) in [6.07, 6.45) is 5.48. The van der Waals surface area contributed by atoms with Gasteiger partial charge in [0.05, 0.1) is 12.7 Å². The molecule has 4 N–H and O–H groups in total. The van der Waals surface area contributed by atoms with Gasteiger partial charge in [0.2, 0.25) is 0 Å². The summed E-state index contributed by atoms with van der Waals surface area (Å²) < 4.78 is 1.44. The normalized spacial score (nSPS) is 15.0. The highest BCUT2D eigenvalue weighted by atomic mass is 16.3. The first kappa shape index (κ1) is 30.1. The zero-order valence-corrected chi connectivity index (χ0v) is 25.5. The minimum atomic E-state index is -0.467. The van der Waals surface area contributed by atoms with Crippen LogP contribution in [0.4, 0.5) is 17.2 Å². The van der Waals surface area contributed by atoms with E-state index in [1.54, 1.807) is 31.7 Å². The Morgan fingerprint density at radius 3 is 2.44 bits per heavy atom. The van der Waals surface area contributed by atoms with Crippen molar-refractivity contribution in [3.8, 4) is 11.1 Å². The van der Waals surface area contributed by atoms with Crippen molar-refractivity contribution < 1.29 is 15.0 Å². The van der Waals surface area contributed by atoms with Crippen LogP contribution in [0, 0.1) is 13.8 Å². The van der Waals surface area contributed by atoms with Crippen molar-refractivity contribution in [2.45, 2.75) is 39.5 Å². The summed E-state index contributed by atoms with van der Waals surface area (Å²) in [5.74, 6) is 0.143. The number of carbonyl (C=O) groups is 1. The molecule has 45 heavy (non-hydrogen) atoms. The zero-order chi connectivity index (χ0) is 31.7. The number of aliphatic hydroxyl groups excluding tert-OH is 2. The van der Waals surface area contributed by atoms with Crippen molar-refractivity contribution in [1.29, 1.82) is 0 Å². The number of hydrogen-bond donors (Lipinski definition) is 4. The third-order valence-corrected chi connectivity index (χ3v) is 8.44. The number of nitrogens with zero attached hydrogens (tertiary/aromatic N) is 4. The summed E-state index contributed by atoms with van der Waals surface area (Å²) in [6.45, 7) is 5.80. The summed E-state index contributed by atoms with van der Waals surface area (Å²) in [7, 11) is 1.65. The lowest BCUT2D eigenvalue weighted by Gasteiger charge is -2.18. The average molecular weight is 605 g/mol. The van der Waals surface area contributed by atoms with E-state index in [0.717, 1.165) is 57.4 Å². The molecule has 1 fully saturated rings. The van der Waals surface area contributed by atoms with E-state index in [9.17, 15) is 19.8 Å². The summed E-state index contributed by atoms with van der Waals surface area (Å²) >= 11 is 0. The predicted octanol–water partition coefficient (Wildman–Crippen LogP) is 4.67. The molecule has 6 rings (SSSR count). The minimum absolute atomic E-state index is 0.0734. The Labute approximate surface area is 261 Å². The Morgan fingerprint density at radius 2 is 1.73 bits per heavy atom. The molecular formula is C35H36N6O4. The number of pyridine rings is 3. The van der Waals surface area contributed by atoms with Crippen LogP contribution in [0.15, 0.2) is 78.0 Å². The van der Waals surface area contributed by atoms with Gasteiger partial charge in [-0.25, -0.2) is 4.98 Å². The number of amides is 1. The summed E-state index contributed by atoms with van der Waals surface area (Å²) in [6, 6.07) is 17.1. The number of aromatic nitrogens is 3. The molecule has 1 aliphatic rings. The Morgan fingerprint density at radius 1 is 1.00 bits per heavy atom. The number of likely N-dealkylation sites (tertiary alicyclic amines) is 1. The topological polar surface area (TPSA) is 133 Å². The van der Waals surface area contributed by atoms with Crippen LogP contribution in [0.5, 0.6) is 0 Å². The standard InChI is InChI=1S/C35H36N6O4/c1-21-27(6-4-8-30(21)38-33-32-25(10-12-36-33)14-23(20-42)16-37-32)28-7-5-9-31(22(28)2)39-34(44)29-15-24(17-40(3)35(29)45)18-41-13-11-26(43)19-41/h4-10,12,14-17,26,42-43H,11,13,18-20H2,1-3H3,(H,36,38)(H,39,44). The van der Waals surface area contributed by atoms with E-state index in [0.29, 0.717) is 30.1 Å². The average Bonchev–Trinajstić information content (AvgIpc) is 3.44. The first-order chi connectivity index (χ1) is 21.7. The number of β-amino-alcohol motifs (C(OH)–C–C–N with tert-alkyl or cyclic N) is 1. The number of carbonyl (C=O) groups excluding carboxylic acids is 1. The molecule has 2 aromatic carbocycles. The Balaban J connectivity index is 1.27. The van der Waals surface area contributed by atoms with Gasteiger partial charge in [0, 0.05) is 62.0 Å². The van der Waals surface area contributed by atoms with Crippen LogP contribution in [-0.4, -0.2) is 54.7 Å². The molecular weight excluding hydrogens is 568 g/mol. The first-order valence-corrected chi connectivity index (χ1v) is 14.9. The third kappa shape index (κ3) is 6.21. The second-order valence-electron chi connectivity index (χ2n) is 11.6. The molecule has 10 nitrogen and oxygen atoms in total. The number of fused-ring (bicyclic) bond motifs is 1. The summed E-state index contributed by atoms with van der Waals surface area (Å²) in [4.78, 5) is 37.6. The molecule has 0 spiro atoms. The fraction of sp³-hybridized carbons (Fsp3) is 0.257. The fourth-order valence-corrected chi connectivity index (χ4v) is 5.97. The number of anilines is 3. The van der Waals surface area contributed by atoms with Gasteiger partial charge in [0.25, 0.3) is 11.5 Å². The SMILES string of the molecule is Cc1c(NC(=O)c2cc(CN3CCC(O)C3)cn(C)c2=O)cccc1-c1cccc(Nc2nccc3cc(CO)cnc23)c1C. The van der Waals surface area contributed by atoms with Gasteiger partial charge in [-0.15, -0.1) is 0 Å². The van der Waals surface area contributed by atoms with E-state index >= 15 is 0 Å². The highest BCUT2D eigenvalue weighted by Gasteiger charge is 2.22. The smallest absolute Gasteiger partial charge is 0.263 e. The third-order valence-electron chi connectivity index (χ3n) is 8.44. The molecule has 0 radical (unpaired) electrons. The molecule has 1 atom stereocenters. The maximum atomic E-state index is 13.5. The largest absolute Gasteiger partial charge is 0.392 e. The molecule has 0 bridgehead atoms. The highest BCUT2D eigenvalue weighted by Crippen LogP contribution is 2.35. The lowest BCUT2D eigenvalue weighted by atomic mass is 9.94. The number of aliphatic hydroxyl groups is 2. The molecule has 10 heteroatoms. The molecule has 1 saturated heterocycles. The van der Waals surface area contributed by atoms with E-state index in [2.05, 4.69) is 25.5 Å². The van der Waals surface area contributed by atoms with Crippen molar-refractivity contribution in [1.82, 2.24) is 19.4 Å². The van der Waals surface area contributed by atoms with Crippen LogP contribution >= 0.6 is 0 Å².